The van der Waals surface area contributed by atoms with Crippen LogP contribution >= 0.6 is 0 Å². The van der Waals surface area contributed by atoms with Gasteiger partial charge in [-0.1, -0.05) is 18.6 Å². The second-order valence-electron chi connectivity index (χ2n) is 6.67. The number of benzene rings is 1. The monoisotopic (exact) mass is 371 g/mol. The van der Waals surface area contributed by atoms with Crippen LogP contribution in [0.1, 0.15) is 19.3 Å². The number of hydrogen-bond donors (Lipinski definition) is 2. The average molecular weight is 371 g/mol. The molecule has 1 aromatic rings. The van der Waals surface area contributed by atoms with E-state index >= 15 is 0 Å². The minimum atomic E-state index is -3.63. The molecule has 7 nitrogen and oxygen atoms in total. The first-order valence-corrected chi connectivity index (χ1v) is 9.91. The average Bonchev–Trinajstić information content (AvgIpc) is 2.58. The van der Waals surface area contributed by atoms with E-state index in [0.29, 0.717) is 31.6 Å². The van der Waals surface area contributed by atoms with Gasteiger partial charge in [-0.25, -0.2) is 18.3 Å². The van der Waals surface area contributed by atoms with Crippen LogP contribution in [0, 0.1) is 11.2 Å². The topological polar surface area (TPSA) is 89.9 Å². The maximum atomic E-state index is 13.9. The largest absolute Gasteiger partial charge is 0.367 e. The first-order chi connectivity index (χ1) is 11.9. The number of carbonyl (C=O) groups excluding carboxylic acids is 1. The molecule has 2 aliphatic rings. The molecule has 138 valence electrons. The number of carbonyl (C=O) groups is 1. The van der Waals surface area contributed by atoms with Crippen molar-refractivity contribution >= 4 is 21.6 Å². The van der Waals surface area contributed by atoms with Gasteiger partial charge in [-0.3, -0.25) is 10.0 Å². The van der Waals surface area contributed by atoms with Gasteiger partial charge in [0.1, 0.15) is 5.82 Å². The fourth-order valence-electron chi connectivity index (χ4n) is 3.51. The molecule has 1 aliphatic heterocycles. The number of amides is 1. The van der Waals surface area contributed by atoms with Gasteiger partial charge >= 0.3 is 0 Å². The van der Waals surface area contributed by atoms with E-state index in [9.17, 15) is 17.6 Å². The lowest BCUT2D eigenvalue weighted by atomic mass is 9.70. The number of halogens is 1. The standard InChI is InChI=1S/C16H22FN3O4S/c17-13-4-1-2-5-14(13)19-8-10-20(11-9-19)25(23,24)12-16(6-3-7-16)15(21)18-22/h1-2,4-5,22H,3,6-12H2,(H,18,21). The Hall–Kier alpha value is -1.71. The minimum Gasteiger partial charge on any atom is -0.367 e. The zero-order chi connectivity index (χ0) is 18.1. The summed E-state index contributed by atoms with van der Waals surface area (Å²) >= 11 is 0. The molecule has 1 amide bonds. The van der Waals surface area contributed by atoms with Crippen LogP contribution in [0.5, 0.6) is 0 Å². The predicted molar refractivity (Wildman–Crippen MR) is 90.2 cm³/mol. The number of nitrogens with one attached hydrogen (secondary N) is 1. The Morgan fingerprint density at radius 2 is 1.84 bits per heavy atom. The summed E-state index contributed by atoms with van der Waals surface area (Å²) in [6, 6.07) is 6.42. The number of hydroxylamine groups is 1. The highest BCUT2D eigenvalue weighted by atomic mass is 32.2. The molecule has 2 N–H and O–H groups in total. The van der Waals surface area contributed by atoms with Crippen molar-refractivity contribution in [3.8, 4) is 0 Å². The van der Waals surface area contributed by atoms with Crippen LogP contribution in [-0.4, -0.2) is 55.8 Å². The zero-order valence-electron chi connectivity index (χ0n) is 13.8. The van der Waals surface area contributed by atoms with Crippen molar-refractivity contribution in [3.05, 3.63) is 30.1 Å². The fourth-order valence-corrected chi connectivity index (χ4v) is 5.54. The maximum Gasteiger partial charge on any atom is 0.250 e. The summed E-state index contributed by atoms with van der Waals surface area (Å²) in [6.45, 7) is 1.26. The van der Waals surface area contributed by atoms with Gasteiger partial charge in [0.15, 0.2) is 0 Å². The van der Waals surface area contributed by atoms with E-state index in [1.807, 2.05) is 4.90 Å². The molecule has 9 heteroatoms. The van der Waals surface area contributed by atoms with Gasteiger partial charge in [0.2, 0.25) is 10.0 Å². The molecule has 0 atom stereocenters. The fraction of sp³-hybridized carbons (Fsp3) is 0.562. The molecule has 25 heavy (non-hydrogen) atoms. The van der Waals surface area contributed by atoms with Crippen molar-refractivity contribution in [1.29, 1.82) is 0 Å². The molecule has 0 bridgehead atoms. The highest BCUT2D eigenvalue weighted by Gasteiger charge is 2.48. The lowest BCUT2D eigenvalue weighted by Crippen LogP contribution is -2.55. The van der Waals surface area contributed by atoms with Crippen LogP contribution in [0.15, 0.2) is 24.3 Å². The summed E-state index contributed by atoms with van der Waals surface area (Å²) in [6.07, 6.45) is 1.67. The molecule has 1 saturated heterocycles. The zero-order valence-corrected chi connectivity index (χ0v) is 14.6. The van der Waals surface area contributed by atoms with Crippen LogP contribution in [0.25, 0.3) is 0 Å². The summed E-state index contributed by atoms with van der Waals surface area (Å²) in [5.74, 6) is -1.26. The van der Waals surface area contributed by atoms with E-state index in [4.69, 9.17) is 5.21 Å². The SMILES string of the molecule is O=C(NO)C1(CS(=O)(=O)N2CCN(c3ccccc3F)CC2)CCC1. The molecule has 1 saturated carbocycles. The van der Waals surface area contributed by atoms with Gasteiger partial charge in [-0.05, 0) is 25.0 Å². The van der Waals surface area contributed by atoms with Gasteiger partial charge in [-0.15, -0.1) is 0 Å². The number of anilines is 1. The molecule has 1 aromatic carbocycles. The molecule has 1 aliphatic carbocycles. The first-order valence-electron chi connectivity index (χ1n) is 8.30. The second-order valence-corrected chi connectivity index (χ2v) is 8.64. The van der Waals surface area contributed by atoms with Crippen LogP contribution in [0.4, 0.5) is 10.1 Å². The molecular weight excluding hydrogens is 349 g/mol. The van der Waals surface area contributed by atoms with Gasteiger partial charge in [-0.2, -0.15) is 4.31 Å². The molecule has 0 aromatic heterocycles. The Kier molecular flexibility index (Phi) is 4.99. The van der Waals surface area contributed by atoms with Crippen LogP contribution < -0.4 is 10.4 Å². The van der Waals surface area contributed by atoms with Crippen molar-refractivity contribution < 1.29 is 22.8 Å². The smallest absolute Gasteiger partial charge is 0.250 e. The van der Waals surface area contributed by atoms with Crippen molar-refractivity contribution in [1.82, 2.24) is 9.79 Å². The van der Waals surface area contributed by atoms with Gasteiger partial charge in [0.25, 0.3) is 5.91 Å². The number of nitrogens with zero attached hydrogens (tertiary/aromatic N) is 2. The highest BCUT2D eigenvalue weighted by molar-refractivity contribution is 7.89. The molecule has 1 heterocycles. The lowest BCUT2D eigenvalue weighted by molar-refractivity contribution is -0.143. The third-order valence-corrected chi connectivity index (χ3v) is 7.25. The molecule has 0 radical (unpaired) electrons. The quantitative estimate of drug-likeness (QED) is 0.594. The number of rotatable bonds is 5. The summed E-state index contributed by atoms with van der Waals surface area (Å²) in [5.41, 5.74) is 1.03. The predicted octanol–water partition coefficient (Wildman–Crippen LogP) is 0.953. The third kappa shape index (κ3) is 3.49. The Labute approximate surface area is 146 Å². The van der Waals surface area contributed by atoms with Crippen LogP contribution in [0.2, 0.25) is 0 Å². The highest BCUT2D eigenvalue weighted by Crippen LogP contribution is 2.42. The van der Waals surface area contributed by atoms with Crippen molar-refractivity contribution in [2.45, 2.75) is 19.3 Å². The third-order valence-electron chi connectivity index (χ3n) is 5.18. The van der Waals surface area contributed by atoms with Crippen molar-refractivity contribution in [2.24, 2.45) is 5.41 Å². The van der Waals surface area contributed by atoms with Crippen LogP contribution in [0.3, 0.4) is 0 Å². The molecule has 3 rings (SSSR count). The van der Waals surface area contributed by atoms with Crippen molar-refractivity contribution in [2.75, 3.05) is 36.8 Å². The summed E-state index contributed by atoms with van der Waals surface area (Å²) in [5, 5.41) is 8.88. The normalized spacial score (nSPS) is 20.8. The molecular formula is C16H22FN3O4S. The van der Waals surface area contributed by atoms with E-state index in [-0.39, 0.29) is 24.7 Å². The lowest BCUT2D eigenvalue weighted by Gasteiger charge is -2.41. The Morgan fingerprint density at radius 1 is 1.20 bits per heavy atom. The van der Waals surface area contributed by atoms with Gasteiger partial charge < -0.3 is 4.90 Å². The summed E-state index contributed by atoms with van der Waals surface area (Å²) < 4.78 is 40.6. The maximum absolute atomic E-state index is 13.9. The van der Waals surface area contributed by atoms with E-state index in [1.165, 1.54) is 10.4 Å². The minimum absolute atomic E-state index is 0.244. The second kappa shape index (κ2) is 6.89. The molecule has 2 fully saturated rings. The van der Waals surface area contributed by atoms with Crippen LogP contribution in [-0.2, 0) is 14.8 Å². The molecule has 0 spiro atoms. The Bertz CT molecular complexity index is 744. The Morgan fingerprint density at radius 3 is 2.36 bits per heavy atom. The summed E-state index contributed by atoms with van der Waals surface area (Å²) in [7, 11) is -3.63. The number of para-hydroxylation sites is 1. The van der Waals surface area contributed by atoms with Gasteiger partial charge in [0, 0.05) is 26.2 Å². The number of sulfonamides is 1. The number of hydrogen-bond acceptors (Lipinski definition) is 5. The molecule has 0 unspecified atom stereocenters. The van der Waals surface area contributed by atoms with E-state index in [1.54, 1.807) is 23.7 Å². The van der Waals surface area contributed by atoms with E-state index < -0.39 is 21.3 Å². The number of piperazine rings is 1. The van der Waals surface area contributed by atoms with Gasteiger partial charge in [0.05, 0.1) is 16.9 Å². The Balaban J connectivity index is 1.66. The van der Waals surface area contributed by atoms with Crippen molar-refractivity contribution in [3.63, 3.8) is 0 Å². The summed E-state index contributed by atoms with van der Waals surface area (Å²) in [4.78, 5) is 13.7. The van der Waals surface area contributed by atoms with E-state index in [0.717, 1.165) is 6.42 Å². The van der Waals surface area contributed by atoms with E-state index in [2.05, 4.69) is 0 Å². The first kappa shape index (κ1) is 18.1.